The van der Waals surface area contributed by atoms with E-state index in [2.05, 4.69) is 15.6 Å². The van der Waals surface area contributed by atoms with E-state index in [0.29, 0.717) is 25.5 Å². The number of benzene rings is 2. The predicted octanol–water partition coefficient (Wildman–Crippen LogP) is 2.52. The molecule has 7 heteroatoms. The first-order chi connectivity index (χ1) is 14.0. The Balaban J connectivity index is 1.68. The summed E-state index contributed by atoms with van der Waals surface area (Å²) >= 11 is 0. The molecule has 1 aliphatic rings. The largest absolute Gasteiger partial charge is 0.493 e. The Kier molecular flexibility index (Phi) is 7.05. The van der Waals surface area contributed by atoms with Crippen molar-refractivity contribution in [3.8, 4) is 5.75 Å². The van der Waals surface area contributed by atoms with Gasteiger partial charge in [0.2, 0.25) is 5.91 Å². The second-order valence-corrected chi connectivity index (χ2v) is 7.13. The maximum absolute atomic E-state index is 13.4. The molecule has 29 heavy (non-hydrogen) atoms. The highest BCUT2D eigenvalue weighted by Crippen LogP contribution is 2.31. The van der Waals surface area contributed by atoms with Gasteiger partial charge in [0.25, 0.3) is 0 Å². The summed E-state index contributed by atoms with van der Waals surface area (Å²) in [7, 11) is 3.41. The fraction of sp³-hybridized carbons (Fsp3) is 0.364. The number of carbonyl (C=O) groups is 1. The van der Waals surface area contributed by atoms with Gasteiger partial charge in [-0.05, 0) is 30.2 Å². The quantitative estimate of drug-likeness (QED) is 0.580. The Morgan fingerprint density at radius 1 is 1.24 bits per heavy atom. The molecule has 2 aromatic carbocycles. The maximum Gasteiger partial charge on any atom is 0.243 e. The molecule has 1 heterocycles. The summed E-state index contributed by atoms with van der Waals surface area (Å²) in [5.41, 5.74) is 1.97. The van der Waals surface area contributed by atoms with E-state index in [1.54, 1.807) is 20.2 Å². The van der Waals surface area contributed by atoms with Crippen molar-refractivity contribution in [1.29, 1.82) is 0 Å². The average Bonchev–Trinajstić information content (AvgIpc) is 2.72. The van der Waals surface area contributed by atoms with Crippen LogP contribution in [0.5, 0.6) is 5.75 Å². The van der Waals surface area contributed by atoms with Crippen molar-refractivity contribution < 1.29 is 13.9 Å². The van der Waals surface area contributed by atoms with Gasteiger partial charge in [-0.3, -0.25) is 4.79 Å². The molecule has 0 radical (unpaired) electrons. The van der Waals surface area contributed by atoms with E-state index in [0.717, 1.165) is 23.3 Å². The Labute approximate surface area is 170 Å². The minimum atomic E-state index is -0.245. The minimum absolute atomic E-state index is 0.0369. The lowest BCUT2D eigenvalue weighted by molar-refractivity contribution is -0.127. The summed E-state index contributed by atoms with van der Waals surface area (Å²) in [5.74, 6) is 1.09. The Morgan fingerprint density at radius 3 is 2.86 bits per heavy atom. The highest BCUT2D eigenvalue weighted by atomic mass is 19.1. The third kappa shape index (κ3) is 5.94. The lowest BCUT2D eigenvalue weighted by Crippen LogP contribution is -2.42. The molecule has 0 fully saturated rings. The first kappa shape index (κ1) is 20.6. The van der Waals surface area contributed by atoms with Crippen LogP contribution in [-0.2, 0) is 11.2 Å². The van der Waals surface area contributed by atoms with Gasteiger partial charge in [0.1, 0.15) is 18.1 Å². The fourth-order valence-corrected chi connectivity index (χ4v) is 3.12. The standard InChI is InChI=1S/C22H27FN4O2/c1-27(2)21(28)15-25-22(24-12-10-16-6-5-7-17(23)14-16)26-19-11-13-29-20-9-4-3-8-18(19)20/h3-9,14,19H,10-13,15H2,1-2H3,(H2,24,25,26). The molecule has 2 N–H and O–H groups in total. The first-order valence-electron chi connectivity index (χ1n) is 9.74. The van der Waals surface area contributed by atoms with Crippen LogP contribution in [0.25, 0.3) is 0 Å². The van der Waals surface area contributed by atoms with Gasteiger partial charge in [0, 0.05) is 32.6 Å². The van der Waals surface area contributed by atoms with E-state index in [1.165, 1.54) is 17.0 Å². The van der Waals surface area contributed by atoms with E-state index >= 15 is 0 Å². The van der Waals surface area contributed by atoms with Gasteiger partial charge in [0.15, 0.2) is 5.96 Å². The molecule has 2 aromatic rings. The average molecular weight is 398 g/mol. The van der Waals surface area contributed by atoms with E-state index in [1.807, 2.05) is 30.3 Å². The first-order valence-corrected chi connectivity index (χ1v) is 9.74. The van der Waals surface area contributed by atoms with Gasteiger partial charge in [-0.2, -0.15) is 0 Å². The van der Waals surface area contributed by atoms with Crippen molar-refractivity contribution in [3.05, 3.63) is 65.5 Å². The smallest absolute Gasteiger partial charge is 0.243 e. The Hall–Kier alpha value is -3.09. The molecular formula is C22H27FN4O2. The van der Waals surface area contributed by atoms with Crippen LogP contribution >= 0.6 is 0 Å². The molecule has 0 aliphatic carbocycles. The number of rotatable bonds is 6. The summed E-state index contributed by atoms with van der Waals surface area (Å²) in [6, 6.07) is 14.5. The Bertz CT molecular complexity index is 869. The summed E-state index contributed by atoms with van der Waals surface area (Å²) < 4.78 is 19.1. The lowest BCUT2D eigenvalue weighted by Gasteiger charge is -2.28. The van der Waals surface area contributed by atoms with Gasteiger partial charge >= 0.3 is 0 Å². The van der Waals surface area contributed by atoms with E-state index in [9.17, 15) is 9.18 Å². The van der Waals surface area contributed by atoms with Crippen LogP contribution in [0.2, 0.25) is 0 Å². The zero-order chi connectivity index (χ0) is 20.6. The summed E-state index contributed by atoms with van der Waals surface area (Å²) in [6.45, 7) is 1.23. The predicted molar refractivity (Wildman–Crippen MR) is 112 cm³/mol. The molecule has 1 amide bonds. The number of halogens is 1. The van der Waals surface area contributed by atoms with Gasteiger partial charge in [0.05, 0.1) is 12.6 Å². The maximum atomic E-state index is 13.4. The normalized spacial score (nSPS) is 15.8. The number of aliphatic imine (C=N–C) groups is 1. The number of carbonyl (C=O) groups excluding carboxylic acids is 1. The van der Waals surface area contributed by atoms with E-state index < -0.39 is 0 Å². The van der Waals surface area contributed by atoms with Crippen LogP contribution in [0, 0.1) is 5.82 Å². The molecule has 154 valence electrons. The number of likely N-dealkylation sites (N-methyl/N-ethyl adjacent to an activating group) is 1. The second kappa shape index (κ2) is 9.91. The van der Waals surface area contributed by atoms with Crippen molar-refractivity contribution in [2.75, 3.05) is 33.8 Å². The van der Waals surface area contributed by atoms with Crippen molar-refractivity contribution >= 4 is 11.9 Å². The summed E-state index contributed by atoms with van der Waals surface area (Å²) in [6.07, 6.45) is 1.44. The molecule has 0 saturated carbocycles. The molecule has 1 aliphatic heterocycles. The number of para-hydroxylation sites is 1. The SMILES string of the molecule is CN(C)C(=O)CN=C(NCCc1cccc(F)c1)NC1CCOc2ccccc21. The van der Waals surface area contributed by atoms with E-state index in [-0.39, 0.29) is 24.3 Å². The van der Waals surface area contributed by atoms with Crippen molar-refractivity contribution in [1.82, 2.24) is 15.5 Å². The number of hydrogen-bond acceptors (Lipinski definition) is 3. The molecule has 0 bridgehead atoms. The molecule has 0 aromatic heterocycles. The number of hydrogen-bond donors (Lipinski definition) is 2. The minimum Gasteiger partial charge on any atom is -0.493 e. The molecule has 3 rings (SSSR count). The topological polar surface area (TPSA) is 66.0 Å². The molecular weight excluding hydrogens is 371 g/mol. The van der Waals surface area contributed by atoms with E-state index in [4.69, 9.17) is 4.74 Å². The van der Waals surface area contributed by atoms with Gasteiger partial charge < -0.3 is 20.3 Å². The summed E-state index contributed by atoms with van der Waals surface area (Å²) in [5, 5.41) is 6.68. The third-order valence-electron chi connectivity index (χ3n) is 4.74. The van der Waals surface area contributed by atoms with Crippen molar-refractivity contribution in [2.45, 2.75) is 18.9 Å². The zero-order valence-corrected chi connectivity index (χ0v) is 16.8. The van der Waals surface area contributed by atoms with Gasteiger partial charge in [-0.1, -0.05) is 30.3 Å². The zero-order valence-electron chi connectivity index (χ0n) is 16.8. The molecule has 1 atom stereocenters. The molecule has 0 saturated heterocycles. The number of ether oxygens (including phenoxy) is 1. The number of amides is 1. The number of guanidine groups is 1. The molecule has 6 nitrogen and oxygen atoms in total. The fourth-order valence-electron chi connectivity index (χ4n) is 3.12. The second-order valence-electron chi connectivity index (χ2n) is 7.13. The van der Waals surface area contributed by atoms with Gasteiger partial charge in [-0.25, -0.2) is 9.38 Å². The molecule has 0 spiro atoms. The Morgan fingerprint density at radius 2 is 2.07 bits per heavy atom. The highest BCUT2D eigenvalue weighted by Gasteiger charge is 2.22. The number of nitrogens with zero attached hydrogens (tertiary/aromatic N) is 2. The lowest BCUT2D eigenvalue weighted by atomic mass is 10.0. The van der Waals surface area contributed by atoms with Crippen LogP contribution in [0.4, 0.5) is 4.39 Å². The van der Waals surface area contributed by atoms with Gasteiger partial charge in [-0.15, -0.1) is 0 Å². The van der Waals surface area contributed by atoms with Crippen molar-refractivity contribution in [3.63, 3.8) is 0 Å². The van der Waals surface area contributed by atoms with Crippen LogP contribution in [-0.4, -0.2) is 50.6 Å². The van der Waals surface area contributed by atoms with Crippen molar-refractivity contribution in [2.24, 2.45) is 4.99 Å². The summed E-state index contributed by atoms with van der Waals surface area (Å²) in [4.78, 5) is 17.9. The van der Waals surface area contributed by atoms with Crippen LogP contribution in [0.15, 0.2) is 53.5 Å². The van der Waals surface area contributed by atoms with Crippen LogP contribution in [0.3, 0.4) is 0 Å². The monoisotopic (exact) mass is 398 g/mol. The third-order valence-corrected chi connectivity index (χ3v) is 4.74. The number of fused-ring (bicyclic) bond motifs is 1. The number of nitrogens with one attached hydrogen (secondary N) is 2. The highest BCUT2D eigenvalue weighted by molar-refractivity contribution is 5.85. The molecule has 1 unspecified atom stereocenters. The van der Waals surface area contributed by atoms with Crippen LogP contribution < -0.4 is 15.4 Å². The van der Waals surface area contributed by atoms with Crippen LogP contribution in [0.1, 0.15) is 23.6 Å².